The predicted octanol–water partition coefficient (Wildman–Crippen LogP) is 3.06. The number of halogens is 2. The minimum atomic E-state index is -1.24. The summed E-state index contributed by atoms with van der Waals surface area (Å²) in [4.78, 5) is 11.7. The maximum absolute atomic E-state index is 13.5. The van der Waals surface area contributed by atoms with Gasteiger partial charge in [0.1, 0.15) is 5.69 Å². The molecule has 0 atom stereocenters. The third-order valence-electron chi connectivity index (χ3n) is 2.62. The summed E-state index contributed by atoms with van der Waals surface area (Å²) in [6.45, 7) is 0. The lowest BCUT2D eigenvalue weighted by Gasteiger charge is -2.11. The normalized spacial score (nSPS) is 9.76. The molecular formula is C14H10F2N4O. The van der Waals surface area contributed by atoms with Crippen LogP contribution >= 0.6 is 0 Å². The minimum Gasteiger partial charge on any atom is -0.397 e. The minimum absolute atomic E-state index is 0.102. The Kier molecular flexibility index (Phi) is 4.00. The lowest BCUT2D eigenvalue weighted by molar-refractivity contribution is 0.262. The van der Waals surface area contributed by atoms with Gasteiger partial charge in [-0.3, -0.25) is 0 Å². The van der Waals surface area contributed by atoms with E-state index in [1.807, 2.05) is 6.07 Å². The van der Waals surface area contributed by atoms with Crippen LogP contribution in [-0.2, 0) is 0 Å². The maximum atomic E-state index is 13.5. The fourth-order valence-electron chi connectivity index (χ4n) is 1.63. The van der Waals surface area contributed by atoms with Crippen molar-refractivity contribution >= 4 is 23.1 Å². The third-order valence-corrected chi connectivity index (χ3v) is 2.62. The van der Waals surface area contributed by atoms with E-state index in [4.69, 9.17) is 11.0 Å². The zero-order valence-corrected chi connectivity index (χ0v) is 10.7. The Bertz CT molecular complexity index is 740. The van der Waals surface area contributed by atoms with Crippen LogP contribution in [0.25, 0.3) is 0 Å². The molecule has 21 heavy (non-hydrogen) atoms. The molecule has 0 saturated heterocycles. The van der Waals surface area contributed by atoms with E-state index in [0.29, 0.717) is 11.3 Å². The molecule has 0 heterocycles. The molecule has 106 valence electrons. The van der Waals surface area contributed by atoms with E-state index in [2.05, 4.69) is 10.6 Å². The SMILES string of the molecule is N#Cc1cccc(NC(=O)Nc2c(N)ccc(F)c2F)c1. The van der Waals surface area contributed by atoms with Crippen LogP contribution in [0.3, 0.4) is 0 Å². The van der Waals surface area contributed by atoms with E-state index in [1.54, 1.807) is 18.2 Å². The first-order valence-corrected chi connectivity index (χ1v) is 5.83. The summed E-state index contributed by atoms with van der Waals surface area (Å²) in [5.41, 5.74) is 5.63. The largest absolute Gasteiger partial charge is 0.397 e. The van der Waals surface area contributed by atoms with E-state index in [1.165, 1.54) is 6.07 Å². The van der Waals surface area contributed by atoms with E-state index in [0.717, 1.165) is 12.1 Å². The molecule has 0 fully saturated rings. The molecule has 0 unspecified atom stereocenters. The second kappa shape index (κ2) is 5.88. The first kappa shape index (κ1) is 14.3. The Hall–Kier alpha value is -3.14. The van der Waals surface area contributed by atoms with E-state index < -0.39 is 23.4 Å². The molecule has 5 nitrogen and oxygen atoms in total. The van der Waals surface area contributed by atoms with Crippen LogP contribution in [-0.4, -0.2) is 6.03 Å². The number of hydrogen-bond donors (Lipinski definition) is 3. The van der Waals surface area contributed by atoms with E-state index in [9.17, 15) is 13.6 Å². The molecule has 0 spiro atoms. The second-order valence-electron chi connectivity index (χ2n) is 4.10. The van der Waals surface area contributed by atoms with Gasteiger partial charge in [0.05, 0.1) is 17.3 Å². The van der Waals surface area contributed by atoms with Crippen molar-refractivity contribution in [3.63, 3.8) is 0 Å². The predicted molar refractivity (Wildman–Crippen MR) is 74.6 cm³/mol. The van der Waals surface area contributed by atoms with E-state index in [-0.39, 0.29) is 5.69 Å². The number of urea groups is 1. The molecule has 0 saturated carbocycles. The van der Waals surface area contributed by atoms with Crippen LogP contribution in [0, 0.1) is 23.0 Å². The molecule has 2 aromatic carbocycles. The van der Waals surface area contributed by atoms with E-state index >= 15 is 0 Å². The lowest BCUT2D eigenvalue weighted by atomic mass is 10.2. The van der Waals surface area contributed by atoms with Gasteiger partial charge in [-0.25, -0.2) is 13.6 Å². The molecule has 2 amide bonds. The summed E-state index contributed by atoms with van der Waals surface area (Å²) in [5, 5.41) is 13.3. The molecule has 0 aliphatic heterocycles. The zero-order valence-electron chi connectivity index (χ0n) is 10.7. The van der Waals surface area contributed by atoms with Crippen LogP contribution in [0.1, 0.15) is 5.56 Å². The quantitative estimate of drug-likeness (QED) is 0.742. The Morgan fingerprint density at radius 1 is 1.19 bits per heavy atom. The second-order valence-corrected chi connectivity index (χ2v) is 4.10. The monoisotopic (exact) mass is 288 g/mol. The van der Waals surface area contributed by atoms with Crippen molar-refractivity contribution in [3.05, 3.63) is 53.6 Å². The number of carbonyl (C=O) groups excluding carboxylic acids is 1. The van der Waals surface area contributed by atoms with Crippen LogP contribution in [0.15, 0.2) is 36.4 Å². The summed E-state index contributed by atoms with van der Waals surface area (Å²) in [6.07, 6.45) is 0. The number of rotatable bonds is 2. The Balaban J connectivity index is 2.16. The number of carbonyl (C=O) groups is 1. The van der Waals surface area contributed by atoms with Crippen molar-refractivity contribution in [1.29, 1.82) is 5.26 Å². The third kappa shape index (κ3) is 3.25. The molecule has 4 N–H and O–H groups in total. The summed E-state index contributed by atoms with van der Waals surface area (Å²) in [7, 11) is 0. The fraction of sp³-hybridized carbons (Fsp3) is 0. The number of nitrogens with zero attached hydrogens (tertiary/aromatic N) is 1. The van der Waals surface area contributed by atoms with Gasteiger partial charge in [0.15, 0.2) is 11.6 Å². The summed E-state index contributed by atoms with van der Waals surface area (Å²) in [6, 6.07) is 9.24. The van der Waals surface area contributed by atoms with Crippen molar-refractivity contribution in [1.82, 2.24) is 0 Å². The van der Waals surface area contributed by atoms with Gasteiger partial charge in [-0.05, 0) is 30.3 Å². The number of nitriles is 1. The van der Waals surface area contributed by atoms with Gasteiger partial charge < -0.3 is 16.4 Å². The van der Waals surface area contributed by atoms with Gasteiger partial charge in [-0.15, -0.1) is 0 Å². The van der Waals surface area contributed by atoms with Gasteiger partial charge in [-0.1, -0.05) is 6.07 Å². The van der Waals surface area contributed by atoms with Crippen LogP contribution < -0.4 is 16.4 Å². The smallest absolute Gasteiger partial charge is 0.323 e. The molecule has 0 radical (unpaired) electrons. The summed E-state index contributed by atoms with van der Waals surface area (Å²) < 4.78 is 26.6. The highest BCUT2D eigenvalue weighted by molar-refractivity contribution is 6.01. The highest BCUT2D eigenvalue weighted by Crippen LogP contribution is 2.24. The van der Waals surface area contributed by atoms with Gasteiger partial charge in [-0.2, -0.15) is 5.26 Å². The first-order chi connectivity index (χ1) is 10.0. The summed E-state index contributed by atoms with van der Waals surface area (Å²) >= 11 is 0. The van der Waals surface area contributed by atoms with Crippen molar-refractivity contribution in [2.24, 2.45) is 0 Å². The Morgan fingerprint density at radius 3 is 2.67 bits per heavy atom. The highest BCUT2D eigenvalue weighted by atomic mass is 19.2. The molecule has 2 rings (SSSR count). The molecule has 0 bridgehead atoms. The highest BCUT2D eigenvalue weighted by Gasteiger charge is 2.14. The first-order valence-electron chi connectivity index (χ1n) is 5.83. The molecule has 0 aromatic heterocycles. The number of nitrogens with one attached hydrogen (secondary N) is 2. The van der Waals surface area contributed by atoms with Gasteiger partial charge >= 0.3 is 6.03 Å². The zero-order chi connectivity index (χ0) is 15.4. The number of nitrogens with two attached hydrogens (primary N) is 1. The maximum Gasteiger partial charge on any atom is 0.323 e. The average molecular weight is 288 g/mol. The van der Waals surface area contributed by atoms with Crippen LogP contribution in [0.5, 0.6) is 0 Å². The van der Waals surface area contributed by atoms with Gasteiger partial charge in [0.25, 0.3) is 0 Å². The molecule has 7 heteroatoms. The van der Waals surface area contributed by atoms with Gasteiger partial charge in [0, 0.05) is 5.69 Å². The van der Waals surface area contributed by atoms with Gasteiger partial charge in [0.2, 0.25) is 0 Å². The molecular weight excluding hydrogens is 278 g/mol. The van der Waals surface area contributed by atoms with Crippen molar-refractivity contribution in [2.75, 3.05) is 16.4 Å². The average Bonchev–Trinajstić information content (AvgIpc) is 2.48. The number of amides is 2. The van der Waals surface area contributed by atoms with Crippen molar-refractivity contribution < 1.29 is 13.6 Å². The number of anilines is 3. The van der Waals surface area contributed by atoms with Crippen LogP contribution in [0.2, 0.25) is 0 Å². The number of hydrogen-bond acceptors (Lipinski definition) is 3. The molecule has 2 aromatic rings. The standard InChI is InChI=1S/C14H10F2N4O/c15-10-4-5-11(18)13(12(10)16)20-14(21)19-9-3-1-2-8(6-9)7-17/h1-6H,18H2,(H2,19,20,21). The Labute approximate surface area is 119 Å². The number of nitrogen functional groups attached to an aromatic ring is 1. The molecule has 0 aliphatic carbocycles. The number of benzene rings is 2. The summed E-state index contributed by atoms with van der Waals surface area (Å²) in [5.74, 6) is -2.36. The van der Waals surface area contributed by atoms with Crippen molar-refractivity contribution in [3.8, 4) is 6.07 Å². The topological polar surface area (TPSA) is 90.9 Å². The van der Waals surface area contributed by atoms with Crippen LogP contribution in [0.4, 0.5) is 30.6 Å². The van der Waals surface area contributed by atoms with Crippen molar-refractivity contribution in [2.45, 2.75) is 0 Å². The molecule has 0 aliphatic rings. The lowest BCUT2D eigenvalue weighted by Crippen LogP contribution is -2.21. The fourth-order valence-corrected chi connectivity index (χ4v) is 1.63. The Morgan fingerprint density at radius 2 is 1.95 bits per heavy atom.